The van der Waals surface area contributed by atoms with E-state index in [9.17, 15) is 0 Å². The first-order valence-corrected chi connectivity index (χ1v) is 7.17. The van der Waals surface area contributed by atoms with E-state index in [1.807, 2.05) is 6.92 Å². The molecule has 1 unspecified atom stereocenters. The van der Waals surface area contributed by atoms with Gasteiger partial charge in [0.2, 0.25) is 0 Å². The van der Waals surface area contributed by atoms with E-state index in [-0.39, 0.29) is 6.04 Å². The van der Waals surface area contributed by atoms with Crippen molar-refractivity contribution in [2.24, 2.45) is 5.73 Å². The van der Waals surface area contributed by atoms with Gasteiger partial charge in [-0.1, -0.05) is 19.6 Å². The second-order valence-electron chi connectivity index (χ2n) is 3.73. The molecule has 0 heterocycles. The summed E-state index contributed by atoms with van der Waals surface area (Å²) in [5.41, 5.74) is 8.80. The fourth-order valence-corrected chi connectivity index (χ4v) is 1.11. The van der Waals surface area contributed by atoms with Crippen LogP contribution in [0.1, 0.15) is 13.3 Å². The van der Waals surface area contributed by atoms with Crippen LogP contribution in [0.15, 0.2) is 0 Å². The maximum Gasteiger partial charge on any atom is 0.129 e. The van der Waals surface area contributed by atoms with Crippen molar-refractivity contribution < 1.29 is 0 Å². The number of nitrogens with two attached hydrogens (primary N) is 1. The molecular weight excluding hydrogens is 138 g/mol. The summed E-state index contributed by atoms with van der Waals surface area (Å²) in [5, 5.41) is 0. The molecule has 0 spiro atoms. The third-order valence-corrected chi connectivity index (χ3v) is 1.81. The monoisotopic (exact) mass is 155 g/mol. The first kappa shape index (κ1) is 9.74. The molecule has 2 heteroatoms. The van der Waals surface area contributed by atoms with Crippen LogP contribution in [-0.4, -0.2) is 14.1 Å². The molecule has 1 nitrogen and oxygen atoms in total. The van der Waals surface area contributed by atoms with E-state index in [1.165, 1.54) is 0 Å². The van der Waals surface area contributed by atoms with E-state index >= 15 is 0 Å². The van der Waals surface area contributed by atoms with Gasteiger partial charge in [-0.3, -0.25) is 0 Å². The minimum atomic E-state index is -1.14. The van der Waals surface area contributed by atoms with Gasteiger partial charge in [-0.05, 0) is 6.92 Å². The summed E-state index contributed by atoms with van der Waals surface area (Å²) in [6.45, 7) is 8.70. The Labute approximate surface area is 65.0 Å². The van der Waals surface area contributed by atoms with Crippen molar-refractivity contribution in [3.8, 4) is 11.5 Å². The van der Waals surface area contributed by atoms with E-state index in [0.29, 0.717) is 0 Å². The molecule has 58 valence electrons. The Hall–Kier alpha value is -0.263. The van der Waals surface area contributed by atoms with E-state index < -0.39 is 8.07 Å². The first-order chi connectivity index (χ1) is 4.42. The van der Waals surface area contributed by atoms with Gasteiger partial charge in [0.1, 0.15) is 8.07 Å². The number of hydrogen-bond donors (Lipinski definition) is 1. The lowest BCUT2D eigenvalue weighted by Crippen LogP contribution is -2.18. The average Bonchev–Trinajstić information content (AvgIpc) is 1.59. The van der Waals surface area contributed by atoms with Crippen molar-refractivity contribution in [3.63, 3.8) is 0 Å². The Bertz CT molecular complexity index is 145. The molecule has 0 saturated carbocycles. The standard InChI is InChI=1S/C8H17NSi/c1-8(9)6-5-7-10(2,3)4/h8H,6,9H2,1-4H3. The normalized spacial score (nSPS) is 13.7. The van der Waals surface area contributed by atoms with Gasteiger partial charge in [-0.25, -0.2) is 0 Å². The predicted molar refractivity (Wildman–Crippen MR) is 49.4 cm³/mol. The van der Waals surface area contributed by atoms with Gasteiger partial charge in [0, 0.05) is 12.5 Å². The molecular formula is C8H17NSi. The molecule has 0 radical (unpaired) electrons. The van der Waals surface area contributed by atoms with Crippen LogP contribution in [0.4, 0.5) is 0 Å². The zero-order valence-electron chi connectivity index (χ0n) is 7.36. The molecule has 0 aliphatic heterocycles. The van der Waals surface area contributed by atoms with Crippen LogP contribution in [0.3, 0.4) is 0 Å². The molecule has 0 aromatic carbocycles. The highest BCUT2D eigenvalue weighted by Gasteiger charge is 2.06. The van der Waals surface area contributed by atoms with Crippen molar-refractivity contribution in [3.05, 3.63) is 0 Å². The molecule has 0 aliphatic rings. The molecule has 0 aromatic heterocycles. The van der Waals surface area contributed by atoms with Crippen molar-refractivity contribution in [2.45, 2.75) is 39.0 Å². The minimum absolute atomic E-state index is 0.226. The van der Waals surface area contributed by atoms with E-state index in [1.54, 1.807) is 0 Å². The molecule has 0 bridgehead atoms. The molecule has 2 N–H and O–H groups in total. The maximum absolute atomic E-state index is 5.53. The molecule has 1 atom stereocenters. The quantitative estimate of drug-likeness (QED) is 0.452. The second kappa shape index (κ2) is 3.80. The van der Waals surface area contributed by atoms with Crippen molar-refractivity contribution in [1.29, 1.82) is 0 Å². The highest BCUT2D eigenvalue weighted by atomic mass is 28.3. The van der Waals surface area contributed by atoms with Crippen LogP contribution >= 0.6 is 0 Å². The lowest BCUT2D eigenvalue weighted by atomic mass is 10.3. The zero-order chi connectivity index (χ0) is 8.20. The maximum atomic E-state index is 5.53. The third kappa shape index (κ3) is 7.74. The molecule has 10 heavy (non-hydrogen) atoms. The van der Waals surface area contributed by atoms with Crippen LogP contribution in [0.25, 0.3) is 0 Å². The van der Waals surface area contributed by atoms with Crippen molar-refractivity contribution >= 4 is 8.07 Å². The summed E-state index contributed by atoms with van der Waals surface area (Å²) in [7, 11) is -1.14. The number of rotatable bonds is 1. The fourth-order valence-electron chi connectivity index (χ4n) is 0.477. The average molecular weight is 155 g/mol. The van der Waals surface area contributed by atoms with E-state index in [4.69, 9.17) is 5.73 Å². The predicted octanol–water partition coefficient (Wildman–Crippen LogP) is 1.60. The molecule has 0 fully saturated rings. The van der Waals surface area contributed by atoms with Crippen molar-refractivity contribution in [2.75, 3.05) is 0 Å². The lowest BCUT2D eigenvalue weighted by Gasteiger charge is -2.03. The van der Waals surface area contributed by atoms with Gasteiger partial charge < -0.3 is 5.73 Å². The molecule has 0 aliphatic carbocycles. The Kier molecular flexibility index (Phi) is 3.70. The Morgan fingerprint density at radius 3 is 2.20 bits per heavy atom. The Morgan fingerprint density at radius 1 is 1.40 bits per heavy atom. The van der Waals surface area contributed by atoms with Crippen LogP contribution in [0.5, 0.6) is 0 Å². The van der Waals surface area contributed by atoms with Gasteiger partial charge in [-0.2, -0.15) is 0 Å². The van der Waals surface area contributed by atoms with Gasteiger partial charge in [-0.15, -0.1) is 11.5 Å². The van der Waals surface area contributed by atoms with Gasteiger partial charge in [0.25, 0.3) is 0 Å². The van der Waals surface area contributed by atoms with E-state index in [0.717, 1.165) is 6.42 Å². The first-order valence-electron chi connectivity index (χ1n) is 3.67. The van der Waals surface area contributed by atoms with Gasteiger partial charge >= 0.3 is 0 Å². The molecule has 0 rings (SSSR count). The Morgan fingerprint density at radius 2 is 1.90 bits per heavy atom. The largest absolute Gasteiger partial charge is 0.327 e. The highest BCUT2D eigenvalue weighted by molar-refractivity contribution is 6.83. The van der Waals surface area contributed by atoms with E-state index in [2.05, 4.69) is 31.1 Å². The summed E-state index contributed by atoms with van der Waals surface area (Å²) in [6, 6.07) is 0.226. The fraction of sp³-hybridized carbons (Fsp3) is 0.750. The second-order valence-corrected chi connectivity index (χ2v) is 8.48. The summed E-state index contributed by atoms with van der Waals surface area (Å²) in [6.07, 6.45) is 0.838. The van der Waals surface area contributed by atoms with Gasteiger partial charge in [0.05, 0.1) is 0 Å². The topological polar surface area (TPSA) is 26.0 Å². The summed E-state index contributed by atoms with van der Waals surface area (Å²) >= 11 is 0. The highest BCUT2D eigenvalue weighted by Crippen LogP contribution is 1.96. The minimum Gasteiger partial charge on any atom is -0.327 e. The molecule has 0 saturated heterocycles. The Balaban J connectivity index is 3.71. The summed E-state index contributed by atoms with van der Waals surface area (Å²) in [4.78, 5) is 0. The smallest absolute Gasteiger partial charge is 0.129 e. The third-order valence-electron chi connectivity index (χ3n) is 0.887. The van der Waals surface area contributed by atoms with Crippen LogP contribution in [0, 0.1) is 11.5 Å². The molecule has 0 amide bonds. The van der Waals surface area contributed by atoms with Crippen LogP contribution < -0.4 is 5.73 Å². The summed E-state index contributed by atoms with van der Waals surface area (Å²) < 4.78 is 0. The SMILES string of the molecule is CC(N)CC#C[Si](C)(C)C. The molecule has 0 aromatic rings. The number of hydrogen-bond acceptors (Lipinski definition) is 1. The summed E-state index contributed by atoms with van der Waals surface area (Å²) in [5.74, 6) is 3.11. The van der Waals surface area contributed by atoms with Crippen LogP contribution in [0.2, 0.25) is 19.6 Å². The lowest BCUT2D eigenvalue weighted by molar-refractivity contribution is 0.771. The zero-order valence-corrected chi connectivity index (χ0v) is 8.36. The van der Waals surface area contributed by atoms with Gasteiger partial charge in [0.15, 0.2) is 0 Å². The van der Waals surface area contributed by atoms with Crippen molar-refractivity contribution in [1.82, 2.24) is 0 Å². The van der Waals surface area contributed by atoms with Crippen LogP contribution in [-0.2, 0) is 0 Å².